The Bertz CT molecular complexity index is 1850. The van der Waals surface area contributed by atoms with Gasteiger partial charge in [-0.05, 0) is 54.1 Å². The number of carbonyl (C=O) groups is 1. The number of benzene rings is 4. The summed E-state index contributed by atoms with van der Waals surface area (Å²) in [5, 5.41) is 4.42. The van der Waals surface area contributed by atoms with Crippen LogP contribution < -0.4 is 10.9 Å². The van der Waals surface area contributed by atoms with Crippen LogP contribution in [0, 0.1) is 0 Å². The molecule has 6 aromatic rings. The quantitative estimate of drug-likeness (QED) is 0.184. The lowest BCUT2D eigenvalue weighted by Gasteiger charge is -2.13. The summed E-state index contributed by atoms with van der Waals surface area (Å²) in [5.41, 5.74) is 4.02. The summed E-state index contributed by atoms with van der Waals surface area (Å²) in [4.78, 5) is 39.5. The van der Waals surface area contributed by atoms with Crippen LogP contribution in [0.4, 0.5) is 0 Å². The van der Waals surface area contributed by atoms with E-state index in [0.29, 0.717) is 38.1 Å². The Balaban J connectivity index is 1.35. The van der Waals surface area contributed by atoms with Crippen molar-refractivity contribution in [3.8, 4) is 5.69 Å². The van der Waals surface area contributed by atoms with E-state index in [-0.39, 0.29) is 18.0 Å². The molecule has 0 radical (unpaired) electrons. The molecular weight excluding hydrogens is 530 g/mol. The lowest BCUT2D eigenvalue weighted by molar-refractivity contribution is 0.0951. The molecule has 7 nitrogen and oxygen atoms in total. The smallest absolute Gasteiger partial charge is 0.266 e. The molecule has 4 aromatic carbocycles. The van der Waals surface area contributed by atoms with Crippen molar-refractivity contribution < 1.29 is 4.79 Å². The van der Waals surface area contributed by atoms with E-state index in [1.165, 1.54) is 11.8 Å². The standard InChI is InChI=1S/C30H22ClN5O2S/c31-23-11-5-4-8-20(23)17-32-28(37)19-14-15-22-26(16-19)35-30(36(29(22)38)21-9-2-1-3-10-21)39-18-27-33-24-12-6-7-13-25(24)34-27/h1-16H,17-18H2,(H,32,37)(H,33,34). The van der Waals surface area contributed by atoms with E-state index >= 15 is 0 Å². The van der Waals surface area contributed by atoms with Crippen molar-refractivity contribution in [2.45, 2.75) is 17.5 Å². The number of imidazole rings is 1. The second-order valence-electron chi connectivity index (χ2n) is 8.87. The summed E-state index contributed by atoms with van der Waals surface area (Å²) in [6.45, 7) is 0.290. The minimum Gasteiger partial charge on any atom is -0.348 e. The minimum absolute atomic E-state index is 0.207. The SMILES string of the molecule is O=C(NCc1ccccc1Cl)c1ccc2c(=O)n(-c3ccccc3)c(SCc3nc4ccccc4[nH]3)nc2c1. The highest BCUT2D eigenvalue weighted by Gasteiger charge is 2.16. The number of hydrogen-bond acceptors (Lipinski definition) is 5. The number of hydrogen-bond donors (Lipinski definition) is 2. The molecule has 9 heteroatoms. The first kappa shape index (κ1) is 24.9. The molecule has 0 aliphatic heterocycles. The van der Waals surface area contributed by atoms with Crippen LogP contribution in [0.2, 0.25) is 5.02 Å². The summed E-state index contributed by atoms with van der Waals surface area (Å²) in [5.74, 6) is 0.988. The molecule has 2 aromatic heterocycles. The predicted molar refractivity (Wildman–Crippen MR) is 156 cm³/mol. The van der Waals surface area contributed by atoms with Gasteiger partial charge in [0.1, 0.15) is 5.82 Å². The number of aromatic amines is 1. The second-order valence-corrected chi connectivity index (χ2v) is 10.2. The average Bonchev–Trinajstić information content (AvgIpc) is 3.39. The zero-order chi connectivity index (χ0) is 26.8. The number of halogens is 1. The van der Waals surface area contributed by atoms with Crippen LogP contribution in [0.5, 0.6) is 0 Å². The van der Waals surface area contributed by atoms with Crippen molar-refractivity contribution in [2.24, 2.45) is 0 Å². The van der Waals surface area contributed by atoms with E-state index in [0.717, 1.165) is 22.4 Å². The number of carbonyl (C=O) groups excluding carboxylic acids is 1. The van der Waals surface area contributed by atoms with Crippen molar-refractivity contribution in [2.75, 3.05) is 0 Å². The Labute approximate surface area is 232 Å². The van der Waals surface area contributed by atoms with Gasteiger partial charge in [-0.1, -0.05) is 71.9 Å². The minimum atomic E-state index is -0.276. The monoisotopic (exact) mass is 551 g/mol. The Morgan fingerprint density at radius 2 is 1.67 bits per heavy atom. The summed E-state index contributed by atoms with van der Waals surface area (Å²) >= 11 is 7.63. The average molecular weight is 552 g/mol. The molecule has 0 spiro atoms. The van der Waals surface area contributed by atoms with Gasteiger partial charge in [0.2, 0.25) is 0 Å². The maximum atomic E-state index is 13.7. The van der Waals surface area contributed by atoms with Gasteiger partial charge in [-0.2, -0.15) is 0 Å². The van der Waals surface area contributed by atoms with Gasteiger partial charge in [0, 0.05) is 17.1 Å². The largest absolute Gasteiger partial charge is 0.348 e. The van der Waals surface area contributed by atoms with Gasteiger partial charge in [-0.25, -0.2) is 9.97 Å². The van der Waals surface area contributed by atoms with E-state index < -0.39 is 0 Å². The lowest BCUT2D eigenvalue weighted by atomic mass is 10.1. The van der Waals surface area contributed by atoms with Crippen molar-refractivity contribution in [3.05, 3.63) is 129 Å². The van der Waals surface area contributed by atoms with Crippen LogP contribution in [0.15, 0.2) is 107 Å². The third-order valence-electron chi connectivity index (χ3n) is 6.29. The number of para-hydroxylation sites is 3. The van der Waals surface area contributed by atoms with E-state index in [1.54, 1.807) is 28.8 Å². The highest BCUT2D eigenvalue weighted by Crippen LogP contribution is 2.25. The van der Waals surface area contributed by atoms with Gasteiger partial charge >= 0.3 is 0 Å². The van der Waals surface area contributed by atoms with E-state index in [2.05, 4.69) is 15.3 Å². The maximum absolute atomic E-state index is 13.7. The van der Waals surface area contributed by atoms with E-state index in [4.69, 9.17) is 16.6 Å². The first-order chi connectivity index (χ1) is 19.1. The number of H-pyrrole nitrogens is 1. The number of fused-ring (bicyclic) bond motifs is 2. The molecule has 0 fully saturated rings. The second kappa shape index (κ2) is 10.8. The van der Waals surface area contributed by atoms with E-state index in [9.17, 15) is 9.59 Å². The normalized spacial score (nSPS) is 11.2. The number of thioether (sulfide) groups is 1. The van der Waals surface area contributed by atoms with Gasteiger partial charge in [0.25, 0.3) is 11.5 Å². The molecule has 0 saturated heterocycles. The molecule has 192 valence electrons. The van der Waals surface area contributed by atoms with Crippen LogP contribution in [0.25, 0.3) is 27.6 Å². The van der Waals surface area contributed by atoms with Gasteiger partial charge in [-0.15, -0.1) is 0 Å². The fraction of sp³-hybridized carbons (Fsp3) is 0.0667. The molecular formula is C30H22ClN5O2S. The molecule has 0 atom stereocenters. The molecule has 0 aliphatic rings. The van der Waals surface area contributed by atoms with Crippen LogP contribution in [0.1, 0.15) is 21.7 Å². The van der Waals surface area contributed by atoms with E-state index in [1.807, 2.05) is 72.8 Å². The molecule has 6 rings (SSSR count). The Hall–Kier alpha value is -4.40. The Kier molecular flexibility index (Phi) is 6.87. The lowest BCUT2D eigenvalue weighted by Crippen LogP contribution is -2.24. The maximum Gasteiger partial charge on any atom is 0.266 e. The van der Waals surface area contributed by atoms with Crippen LogP contribution in [-0.2, 0) is 12.3 Å². The molecule has 2 N–H and O–H groups in total. The van der Waals surface area contributed by atoms with Crippen molar-refractivity contribution in [3.63, 3.8) is 0 Å². The van der Waals surface area contributed by atoms with Gasteiger partial charge in [-0.3, -0.25) is 14.2 Å². The highest BCUT2D eigenvalue weighted by molar-refractivity contribution is 7.98. The summed E-state index contributed by atoms with van der Waals surface area (Å²) < 4.78 is 1.60. The van der Waals surface area contributed by atoms with Crippen molar-refractivity contribution in [1.29, 1.82) is 0 Å². The zero-order valence-corrected chi connectivity index (χ0v) is 22.2. The van der Waals surface area contributed by atoms with Gasteiger partial charge in [0.05, 0.1) is 33.4 Å². The van der Waals surface area contributed by atoms with Crippen LogP contribution in [0.3, 0.4) is 0 Å². The third kappa shape index (κ3) is 5.16. The van der Waals surface area contributed by atoms with Crippen molar-refractivity contribution >= 4 is 51.2 Å². The summed E-state index contributed by atoms with van der Waals surface area (Å²) in [6, 6.07) is 29.5. The number of nitrogens with one attached hydrogen (secondary N) is 2. The molecule has 1 amide bonds. The topological polar surface area (TPSA) is 92.7 Å². The fourth-order valence-corrected chi connectivity index (χ4v) is 5.42. The Morgan fingerprint density at radius 1 is 0.897 bits per heavy atom. The molecule has 2 heterocycles. The third-order valence-corrected chi connectivity index (χ3v) is 7.61. The highest BCUT2D eigenvalue weighted by atomic mass is 35.5. The zero-order valence-electron chi connectivity index (χ0n) is 20.6. The predicted octanol–water partition coefficient (Wildman–Crippen LogP) is 6.14. The molecule has 0 saturated carbocycles. The van der Waals surface area contributed by atoms with Gasteiger partial charge in [0.15, 0.2) is 5.16 Å². The number of amides is 1. The van der Waals surface area contributed by atoms with Crippen LogP contribution >= 0.6 is 23.4 Å². The summed E-state index contributed by atoms with van der Waals surface area (Å²) in [7, 11) is 0. The molecule has 0 bridgehead atoms. The van der Waals surface area contributed by atoms with Gasteiger partial charge < -0.3 is 10.3 Å². The number of aromatic nitrogens is 4. The fourth-order valence-electron chi connectivity index (χ4n) is 4.33. The first-order valence-electron chi connectivity index (χ1n) is 12.3. The van der Waals surface area contributed by atoms with Crippen LogP contribution in [-0.4, -0.2) is 25.4 Å². The number of rotatable bonds is 7. The summed E-state index contributed by atoms with van der Waals surface area (Å²) in [6.07, 6.45) is 0. The number of nitrogens with zero attached hydrogens (tertiary/aromatic N) is 3. The first-order valence-corrected chi connectivity index (χ1v) is 13.6. The molecule has 0 unspecified atom stereocenters. The van der Waals surface area contributed by atoms with Crippen molar-refractivity contribution in [1.82, 2.24) is 24.8 Å². The Morgan fingerprint density at radius 3 is 2.49 bits per heavy atom. The molecule has 0 aliphatic carbocycles. The molecule has 39 heavy (non-hydrogen) atoms.